The van der Waals surface area contributed by atoms with E-state index in [0.717, 1.165) is 18.8 Å². The van der Waals surface area contributed by atoms with Gasteiger partial charge in [-0.1, -0.05) is 6.07 Å². The summed E-state index contributed by atoms with van der Waals surface area (Å²) < 4.78 is 7.47. The van der Waals surface area contributed by atoms with Crippen molar-refractivity contribution < 1.29 is 9.53 Å². The maximum Gasteiger partial charge on any atom is 0.252 e. The molecule has 2 aromatic heterocycles. The number of piperidine rings is 1. The van der Waals surface area contributed by atoms with Crippen LogP contribution < -0.4 is 15.4 Å². The Balaban J connectivity index is 0.00000150. The van der Waals surface area contributed by atoms with Crippen molar-refractivity contribution >= 4 is 36.4 Å². The molecule has 1 aromatic carbocycles. The summed E-state index contributed by atoms with van der Waals surface area (Å²) in [6.07, 6.45) is 6.63. The van der Waals surface area contributed by atoms with Gasteiger partial charge in [0, 0.05) is 30.3 Å². The van der Waals surface area contributed by atoms with E-state index in [4.69, 9.17) is 4.74 Å². The highest BCUT2D eigenvalue weighted by atomic mass is 35.5. The van der Waals surface area contributed by atoms with Crippen molar-refractivity contribution in [3.63, 3.8) is 0 Å². The summed E-state index contributed by atoms with van der Waals surface area (Å²) >= 11 is 0. The first-order valence-electron chi connectivity index (χ1n) is 8.98. The second-order valence-corrected chi connectivity index (χ2v) is 6.48. The fraction of sp³-hybridized carbons (Fsp3) is 0.250. The summed E-state index contributed by atoms with van der Waals surface area (Å²) in [6, 6.07) is 14.6. The van der Waals surface area contributed by atoms with Crippen molar-refractivity contribution in [3.8, 4) is 11.6 Å². The Morgan fingerprint density at radius 1 is 1.03 bits per heavy atom. The minimum atomic E-state index is -0.669. The van der Waals surface area contributed by atoms with Crippen molar-refractivity contribution in [1.82, 2.24) is 20.1 Å². The van der Waals surface area contributed by atoms with Gasteiger partial charge in [-0.3, -0.25) is 9.48 Å². The van der Waals surface area contributed by atoms with Gasteiger partial charge in [0.2, 0.25) is 5.88 Å². The van der Waals surface area contributed by atoms with Crippen LogP contribution in [-0.4, -0.2) is 33.8 Å². The molecule has 7 nitrogen and oxygen atoms in total. The van der Waals surface area contributed by atoms with Crippen molar-refractivity contribution in [1.29, 1.82) is 0 Å². The second-order valence-electron chi connectivity index (χ2n) is 6.48. The topological polar surface area (TPSA) is 81.1 Å². The summed E-state index contributed by atoms with van der Waals surface area (Å²) in [5, 5.41) is 10.7. The summed E-state index contributed by atoms with van der Waals surface area (Å²) in [5.41, 5.74) is 0.0520. The van der Waals surface area contributed by atoms with Gasteiger partial charge in [0.1, 0.15) is 11.3 Å². The molecule has 3 heterocycles. The first-order valence-corrected chi connectivity index (χ1v) is 8.98. The lowest BCUT2D eigenvalue weighted by molar-refractivity contribution is -0.126. The Morgan fingerprint density at radius 3 is 2.41 bits per heavy atom. The van der Waals surface area contributed by atoms with E-state index in [9.17, 15) is 4.79 Å². The van der Waals surface area contributed by atoms with Gasteiger partial charge in [-0.05, 0) is 62.3 Å². The fourth-order valence-corrected chi connectivity index (χ4v) is 3.30. The number of halogens is 2. The highest BCUT2D eigenvalue weighted by molar-refractivity contribution is 5.96. The van der Waals surface area contributed by atoms with Gasteiger partial charge in [-0.2, -0.15) is 5.10 Å². The summed E-state index contributed by atoms with van der Waals surface area (Å²) in [5.74, 6) is 1.14. The number of nitrogens with zero attached hydrogens (tertiary/aromatic N) is 3. The molecule has 29 heavy (non-hydrogen) atoms. The van der Waals surface area contributed by atoms with E-state index in [1.165, 1.54) is 0 Å². The molecule has 0 saturated carbocycles. The zero-order valence-electron chi connectivity index (χ0n) is 15.7. The van der Waals surface area contributed by atoms with Gasteiger partial charge < -0.3 is 15.4 Å². The minimum Gasteiger partial charge on any atom is -0.439 e. The number of carbonyl (C=O) groups is 1. The van der Waals surface area contributed by atoms with E-state index in [1.54, 1.807) is 23.1 Å². The Labute approximate surface area is 181 Å². The van der Waals surface area contributed by atoms with Gasteiger partial charge in [-0.15, -0.1) is 24.8 Å². The predicted molar refractivity (Wildman–Crippen MR) is 116 cm³/mol. The molecule has 1 fully saturated rings. The van der Waals surface area contributed by atoms with E-state index in [0.29, 0.717) is 24.5 Å². The van der Waals surface area contributed by atoms with Gasteiger partial charge >= 0.3 is 0 Å². The van der Waals surface area contributed by atoms with Crippen LogP contribution in [0.5, 0.6) is 11.6 Å². The average Bonchev–Trinajstić information content (AvgIpc) is 3.26. The maximum atomic E-state index is 13.1. The standard InChI is InChI=1S/C20H21N5O2.2ClH/c26-19(20(9-13-21-14-10-20)25-15-3-12-23-25)24-16-5-7-17(8-6-16)27-18-4-1-2-11-22-18;;/h1-8,11-12,15,21H,9-10,13-14H2,(H,24,26);2*1H. The lowest BCUT2D eigenvalue weighted by Gasteiger charge is -2.36. The number of carbonyl (C=O) groups excluding carboxylic acids is 1. The number of aromatic nitrogens is 3. The number of benzene rings is 1. The molecule has 1 aliphatic rings. The zero-order chi connectivity index (χ0) is 18.5. The maximum absolute atomic E-state index is 13.1. The highest BCUT2D eigenvalue weighted by Gasteiger charge is 2.42. The molecule has 3 aromatic rings. The van der Waals surface area contributed by atoms with Gasteiger partial charge in [0.05, 0.1) is 0 Å². The smallest absolute Gasteiger partial charge is 0.252 e. The van der Waals surface area contributed by atoms with Crippen LogP contribution in [0.1, 0.15) is 12.8 Å². The molecule has 0 atom stereocenters. The van der Waals surface area contributed by atoms with Gasteiger partial charge in [0.15, 0.2) is 0 Å². The monoisotopic (exact) mass is 435 g/mol. The molecule has 0 bridgehead atoms. The van der Waals surface area contributed by atoms with Crippen LogP contribution in [0.3, 0.4) is 0 Å². The third-order valence-electron chi connectivity index (χ3n) is 4.77. The molecule has 1 saturated heterocycles. The third-order valence-corrected chi connectivity index (χ3v) is 4.77. The Hall–Kier alpha value is -2.61. The molecule has 0 aliphatic carbocycles. The average molecular weight is 436 g/mol. The van der Waals surface area contributed by atoms with E-state index < -0.39 is 5.54 Å². The van der Waals surface area contributed by atoms with E-state index in [2.05, 4.69) is 20.7 Å². The Morgan fingerprint density at radius 2 is 1.79 bits per heavy atom. The number of nitrogens with one attached hydrogen (secondary N) is 2. The van der Waals surface area contributed by atoms with Crippen molar-refractivity contribution in [2.75, 3.05) is 18.4 Å². The molecule has 2 N–H and O–H groups in total. The second kappa shape index (κ2) is 10.2. The quantitative estimate of drug-likeness (QED) is 0.639. The number of pyridine rings is 1. The molecule has 4 rings (SSSR count). The van der Waals surface area contributed by atoms with Gasteiger partial charge in [-0.25, -0.2) is 4.98 Å². The molecule has 1 amide bonds. The molecule has 154 valence electrons. The number of ether oxygens (including phenoxy) is 1. The molecule has 0 spiro atoms. The Kier molecular flexibility index (Phi) is 8.01. The van der Waals surface area contributed by atoms with E-state index >= 15 is 0 Å². The number of hydrogen-bond donors (Lipinski definition) is 2. The summed E-state index contributed by atoms with van der Waals surface area (Å²) in [4.78, 5) is 17.3. The minimum absolute atomic E-state index is 0. The molecule has 1 aliphatic heterocycles. The van der Waals surface area contributed by atoms with Crippen molar-refractivity contribution in [3.05, 3.63) is 67.1 Å². The first-order chi connectivity index (χ1) is 13.3. The van der Waals surface area contributed by atoms with Crippen molar-refractivity contribution in [2.24, 2.45) is 0 Å². The SMILES string of the molecule is Cl.Cl.O=C(Nc1ccc(Oc2ccccn2)cc1)C1(n2cccn2)CCNCC1. The number of amides is 1. The van der Waals surface area contributed by atoms with Crippen LogP contribution in [0.15, 0.2) is 67.1 Å². The van der Waals surface area contributed by atoms with Crippen LogP contribution in [0.25, 0.3) is 0 Å². The van der Waals surface area contributed by atoms with E-state index in [1.807, 2.05) is 48.7 Å². The van der Waals surface area contributed by atoms with Crippen LogP contribution >= 0.6 is 24.8 Å². The van der Waals surface area contributed by atoms with Crippen LogP contribution in [0.2, 0.25) is 0 Å². The lowest BCUT2D eigenvalue weighted by Crippen LogP contribution is -2.52. The zero-order valence-corrected chi connectivity index (χ0v) is 17.3. The number of hydrogen-bond acceptors (Lipinski definition) is 5. The van der Waals surface area contributed by atoms with Crippen molar-refractivity contribution in [2.45, 2.75) is 18.4 Å². The normalized spacial score (nSPS) is 14.8. The van der Waals surface area contributed by atoms with Crippen LogP contribution in [-0.2, 0) is 10.3 Å². The molecular formula is C20H23Cl2N5O2. The van der Waals surface area contributed by atoms with Crippen LogP contribution in [0.4, 0.5) is 5.69 Å². The highest BCUT2D eigenvalue weighted by Crippen LogP contribution is 2.29. The largest absolute Gasteiger partial charge is 0.439 e. The lowest BCUT2D eigenvalue weighted by atomic mass is 9.87. The summed E-state index contributed by atoms with van der Waals surface area (Å²) in [7, 11) is 0. The molecular weight excluding hydrogens is 413 g/mol. The Bertz CT molecular complexity index is 883. The predicted octanol–water partition coefficient (Wildman–Crippen LogP) is 3.63. The summed E-state index contributed by atoms with van der Waals surface area (Å²) in [6.45, 7) is 1.56. The van der Waals surface area contributed by atoms with Gasteiger partial charge in [0.25, 0.3) is 5.91 Å². The first kappa shape index (κ1) is 22.7. The molecule has 0 radical (unpaired) electrons. The van der Waals surface area contributed by atoms with E-state index in [-0.39, 0.29) is 30.7 Å². The molecule has 0 unspecified atom stereocenters. The fourth-order valence-electron chi connectivity index (χ4n) is 3.30. The van der Waals surface area contributed by atoms with Crippen LogP contribution in [0, 0.1) is 0 Å². The number of rotatable bonds is 5. The number of anilines is 1. The molecule has 9 heteroatoms. The third kappa shape index (κ3) is 5.06.